The van der Waals surface area contributed by atoms with Crippen LogP contribution in [0.2, 0.25) is 0 Å². The molecule has 0 saturated heterocycles. The Kier molecular flexibility index (Phi) is 7.39. The number of fused-ring (bicyclic) bond motifs is 14. The minimum atomic E-state index is -0.463. The second-order valence-corrected chi connectivity index (χ2v) is 18.6. The van der Waals surface area contributed by atoms with E-state index < -0.39 is 5.41 Å². The standard InChI is InChI=1S/C59H36N2S2/c1-3-15-37(16-4-1)55-42-20-7-9-22-44(42)56(45-23-10-8-21-43(45)55)38-27-29-40(30-28-38)61-52-26-14-12-24-47(52)59(48-31-33-62-57(48)58-49(59)32-34-63-58)50-35-46-41-19-11-13-25-51(41)60(53(46)36-54(50)61)39-17-5-2-6-18-39/h1-36H. The Labute approximate surface area is 372 Å². The van der Waals surface area contributed by atoms with E-state index >= 15 is 0 Å². The zero-order chi connectivity index (χ0) is 41.2. The van der Waals surface area contributed by atoms with Crippen LogP contribution in [0.1, 0.15) is 22.3 Å². The third kappa shape index (κ3) is 4.71. The van der Waals surface area contributed by atoms with Gasteiger partial charge in [0.2, 0.25) is 0 Å². The first-order valence-electron chi connectivity index (χ1n) is 21.6. The predicted molar refractivity (Wildman–Crippen MR) is 268 cm³/mol. The summed E-state index contributed by atoms with van der Waals surface area (Å²) in [6.07, 6.45) is 0. The number of thiophene rings is 2. The molecule has 0 N–H and O–H groups in total. The van der Waals surface area contributed by atoms with Gasteiger partial charge in [0.15, 0.2) is 0 Å². The Bertz CT molecular complexity index is 3700. The molecule has 2 nitrogen and oxygen atoms in total. The van der Waals surface area contributed by atoms with E-state index in [-0.39, 0.29) is 0 Å². The van der Waals surface area contributed by atoms with Crippen molar-refractivity contribution in [2.45, 2.75) is 5.41 Å². The molecule has 63 heavy (non-hydrogen) atoms. The molecule has 0 fully saturated rings. The highest BCUT2D eigenvalue weighted by atomic mass is 32.1. The van der Waals surface area contributed by atoms with Crippen molar-refractivity contribution in [1.82, 2.24) is 4.57 Å². The molecule has 2 aliphatic rings. The average Bonchev–Trinajstić information content (AvgIpc) is 4.14. The molecule has 0 atom stereocenters. The largest absolute Gasteiger partial charge is 0.310 e. The van der Waals surface area contributed by atoms with Crippen LogP contribution < -0.4 is 4.90 Å². The molecular formula is C59H36N2S2. The van der Waals surface area contributed by atoms with E-state index in [1.165, 1.54) is 109 Å². The van der Waals surface area contributed by atoms with Crippen LogP contribution >= 0.6 is 22.7 Å². The lowest BCUT2D eigenvalue weighted by Crippen LogP contribution is -2.35. The molecule has 12 aromatic rings. The summed E-state index contributed by atoms with van der Waals surface area (Å²) in [4.78, 5) is 5.32. The molecule has 4 heterocycles. The van der Waals surface area contributed by atoms with Crippen molar-refractivity contribution in [3.63, 3.8) is 0 Å². The second kappa shape index (κ2) is 13.3. The zero-order valence-electron chi connectivity index (χ0n) is 34.0. The highest BCUT2D eigenvalue weighted by molar-refractivity contribution is 7.21. The number of hydrogen-bond acceptors (Lipinski definition) is 3. The summed E-state index contributed by atoms with van der Waals surface area (Å²) in [6.45, 7) is 0. The molecule has 1 spiro atoms. The summed E-state index contributed by atoms with van der Waals surface area (Å²) >= 11 is 3.75. The van der Waals surface area contributed by atoms with Gasteiger partial charge in [-0.2, -0.15) is 0 Å². The van der Waals surface area contributed by atoms with Gasteiger partial charge in [0.25, 0.3) is 0 Å². The molecule has 0 amide bonds. The van der Waals surface area contributed by atoms with Gasteiger partial charge in [0, 0.05) is 31.9 Å². The molecule has 1 aliphatic carbocycles. The van der Waals surface area contributed by atoms with Gasteiger partial charge in [0.05, 0.1) is 27.8 Å². The van der Waals surface area contributed by atoms with Crippen molar-refractivity contribution in [3.8, 4) is 37.7 Å². The number of hydrogen-bond donors (Lipinski definition) is 0. The van der Waals surface area contributed by atoms with Crippen LogP contribution in [-0.4, -0.2) is 4.57 Å². The molecule has 0 bridgehead atoms. The molecule has 4 heteroatoms. The van der Waals surface area contributed by atoms with Gasteiger partial charge in [0.1, 0.15) is 0 Å². The minimum Gasteiger partial charge on any atom is -0.310 e. The normalized spacial score (nSPS) is 13.5. The van der Waals surface area contributed by atoms with Crippen LogP contribution in [0.15, 0.2) is 217 Å². The summed E-state index contributed by atoms with van der Waals surface area (Å²) in [6, 6.07) is 76.9. The number of rotatable bonds is 4. The summed E-state index contributed by atoms with van der Waals surface area (Å²) < 4.78 is 2.45. The van der Waals surface area contributed by atoms with Crippen molar-refractivity contribution < 1.29 is 0 Å². The lowest BCUT2D eigenvalue weighted by Gasteiger charge is -2.44. The van der Waals surface area contributed by atoms with E-state index in [9.17, 15) is 0 Å². The fourth-order valence-corrected chi connectivity index (χ4v) is 13.4. The Balaban J connectivity index is 1.04. The maximum Gasteiger partial charge on any atom is 0.0771 e. The van der Waals surface area contributed by atoms with E-state index in [0.717, 1.165) is 11.4 Å². The Morgan fingerprint density at radius 3 is 1.49 bits per heavy atom. The first-order valence-corrected chi connectivity index (χ1v) is 23.3. The van der Waals surface area contributed by atoms with Crippen molar-refractivity contribution in [1.29, 1.82) is 0 Å². The highest BCUT2D eigenvalue weighted by Crippen LogP contribution is 2.66. The van der Waals surface area contributed by atoms with Crippen LogP contribution in [0.5, 0.6) is 0 Å². The predicted octanol–water partition coefficient (Wildman–Crippen LogP) is 16.7. The maximum atomic E-state index is 2.55. The minimum absolute atomic E-state index is 0.463. The Morgan fingerprint density at radius 1 is 0.333 bits per heavy atom. The van der Waals surface area contributed by atoms with Crippen molar-refractivity contribution >= 4 is 83.1 Å². The van der Waals surface area contributed by atoms with Gasteiger partial charge in [-0.05, 0) is 137 Å². The summed E-state index contributed by atoms with van der Waals surface area (Å²) in [5, 5.41) is 12.2. The maximum absolute atomic E-state index is 2.55. The fourth-order valence-electron chi connectivity index (χ4n) is 11.3. The molecular weight excluding hydrogens is 801 g/mol. The van der Waals surface area contributed by atoms with Crippen molar-refractivity contribution in [2.24, 2.45) is 0 Å². The lowest BCUT2D eigenvalue weighted by molar-refractivity contribution is 0.757. The van der Waals surface area contributed by atoms with Crippen LogP contribution in [-0.2, 0) is 5.41 Å². The van der Waals surface area contributed by atoms with Gasteiger partial charge in [-0.1, -0.05) is 146 Å². The van der Waals surface area contributed by atoms with E-state index in [1.807, 2.05) is 22.7 Å². The van der Waals surface area contributed by atoms with Gasteiger partial charge in [-0.3, -0.25) is 0 Å². The van der Waals surface area contributed by atoms with E-state index in [1.54, 1.807) is 0 Å². The smallest absolute Gasteiger partial charge is 0.0771 e. The molecule has 0 saturated carbocycles. The zero-order valence-corrected chi connectivity index (χ0v) is 35.6. The number of nitrogens with zero attached hydrogens (tertiary/aromatic N) is 2. The van der Waals surface area contributed by atoms with E-state index in [0.29, 0.717) is 0 Å². The number of anilines is 3. The van der Waals surface area contributed by atoms with Gasteiger partial charge >= 0.3 is 0 Å². The van der Waals surface area contributed by atoms with Crippen molar-refractivity contribution in [3.05, 3.63) is 239 Å². The quantitative estimate of drug-likeness (QED) is 0.160. The molecule has 1 aliphatic heterocycles. The Morgan fingerprint density at radius 2 is 0.857 bits per heavy atom. The average molecular weight is 837 g/mol. The van der Waals surface area contributed by atoms with Gasteiger partial charge in [-0.25, -0.2) is 0 Å². The third-order valence-corrected chi connectivity index (χ3v) is 15.7. The first kappa shape index (κ1) is 35.1. The van der Waals surface area contributed by atoms with Crippen LogP contribution in [0.4, 0.5) is 17.1 Å². The summed E-state index contributed by atoms with van der Waals surface area (Å²) in [7, 11) is 0. The van der Waals surface area contributed by atoms with E-state index in [4.69, 9.17) is 0 Å². The monoisotopic (exact) mass is 836 g/mol. The number of para-hydroxylation sites is 3. The number of benzene rings is 9. The first-order chi connectivity index (χ1) is 31.3. The molecule has 3 aromatic heterocycles. The molecule has 9 aromatic carbocycles. The molecule has 294 valence electrons. The van der Waals surface area contributed by atoms with Crippen LogP contribution in [0.3, 0.4) is 0 Å². The molecule has 14 rings (SSSR count). The van der Waals surface area contributed by atoms with Gasteiger partial charge < -0.3 is 9.47 Å². The second-order valence-electron chi connectivity index (χ2n) is 16.8. The summed E-state index contributed by atoms with van der Waals surface area (Å²) in [5.41, 5.74) is 17.0. The third-order valence-electron chi connectivity index (χ3n) is 13.8. The Hall–Kier alpha value is -7.50. The number of aromatic nitrogens is 1. The fraction of sp³-hybridized carbons (Fsp3) is 0.0169. The lowest BCUT2D eigenvalue weighted by atomic mass is 9.65. The molecule has 0 unspecified atom stereocenters. The summed E-state index contributed by atoms with van der Waals surface area (Å²) in [5.74, 6) is 0. The van der Waals surface area contributed by atoms with E-state index in [2.05, 4.69) is 226 Å². The molecule has 0 radical (unpaired) electrons. The van der Waals surface area contributed by atoms with Crippen LogP contribution in [0, 0.1) is 0 Å². The SMILES string of the molecule is c1ccc(-c2c3ccccc3c(-c3ccc(N4c5ccccc5C5(c6cc7c8ccccc8n(-c8ccccc8)c7cc64)c4ccsc4-c4sccc45)cc3)c3ccccc23)cc1. The van der Waals surface area contributed by atoms with Gasteiger partial charge in [-0.15, -0.1) is 22.7 Å². The topological polar surface area (TPSA) is 8.17 Å². The highest BCUT2D eigenvalue weighted by Gasteiger charge is 2.53. The van der Waals surface area contributed by atoms with Crippen LogP contribution in [0.25, 0.3) is 81.0 Å². The van der Waals surface area contributed by atoms with Crippen molar-refractivity contribution in [2.75, 3.05) is 4.90 Å².